The molecule has 0 atom stereocenters. The summed E-state index contributed by atoms with van der Waals surface area (Å²) in [7, 11) is 0. The molecule has 1 aliphatic heterocycles. The molecule has 64 valence electrons. The lowest BCUT2D eigenvalue weighted by Gasteiger charge is -2.14. The number of hydrogen-bond donors (Lipinski definition) is 2. The summed E-state index contributed by atoms with van der Waals surface area (Å²) in [5.74, 6) is 0.0333. The van der Waals surface area contributed by atoms with Crippen LogP contribution in [0.3, 0.4) is 0 Å². The van der Waals surface area contributed by atoms with E-state index in [0.29, 0.717) is 13.1 Å². The van der Waals surface area contributed by atoms with Crippen molar-refractivity contribution in [1.82, 2.24) is 10.4 Å². The average Bonchev–Trinajstić information content (AvgIpc) is 2.08. The standard InChI is InChI=1S/C7H14N2O2/c1-7(2)5-9(3-4-10)8-6(7)11/h10H,3-5H2,1-2H3,(H,8,11). The van der Waals surface area contributed by atoms with Crippen LogP contribution in [0.1, 0.15) is 13.8 Å². The van der Waals surface area contributed by atoms with Gasteiger partial charge in [0.05, 0.1) is 12.0 Å². The maximum atomic E-state index is 11.1. The largest absolute Gasteiger partial charge is 0.395 e. The molecule has 1 rings (SSSR count). The van der Waals surface area contributed by atoms with Crippen LogP contribution in [0.25, 0.3) is 0 Å². The molecule has 4 nitrogen and oxygen atoms in total. The summed E-state index contributed by atoms with van der Waals surface area (Å²) < 4.78 is 0. The van der Waals surface area contributed by atoms with Gasteiger partial charge in [-0.2, -0.15) is 0 Å². The van der Waals surface area contributed by atoms with Crippen LogP contribution in [0.4, 0.5) is 0 Å². The molecule has 1 aliphatic rings. The van der Waals surface area contributed by atoms with Gasteiger partial charge in [0.1, 0.15) is 0 Å². The van der Waals surface area contributed by atoms with Gasteiger partial charge in [0.2, 0.25) is 5.91 Å². The molecule has 11 heavy (non-hydrogen) atoms. The summed E-state index contributed by atoms with van der Waals surface area (Å²) in [5.41, 5.74) is 2.37. The predicted octanol–water partition coefficient (Wildman–Crippen LogP) is -0.648. The fourth-order valence-corrected chi connectivity index (χ4v) is 1.14. The first kappa shape index (κ1) is 8.49. The third kappa shape index (κ3) is 1.70. The van der Waals surface area contributed by atoms with Crippen molar-refractivity contribution >= 4 is 5.91 Å². The number of β-amino-alcohol motifs (C(OH)–C–C–N with tert-alkyl or cyclic N) is 1. The number of carbonyl (C=O) groups excluding carboxylic acids is 1. The van der Waals surface area contributed by atoms with E-state index in [9.17, 15) is 4.79 Å². The number of amides is 1. The molecular weight excluding hydrogens is 144 g/mol. The normalized spacial score (nSPS) is 23.7. The van der Waals surface area contributed by atoms with E-state index in [-0.39, 0.29) is 17.9 Å². The number of rotatable bonds is 2. The molecule has 0 spiro atoms. The highest BCUT2D eigenvalue weighted by Gasteiger charge is 2.37. The van der Waals surface area contributed by atoms with Crippen LogP contribution in [0.2, 0.25) is 0 Å². The number of hydrazine groups is 1. The molecule has 4 heteroatoms. The van der Waals surface area contributed by atoms with Crippen molar-refractivity contribution in [3.8, 4) is 0 Å². The number of carbonyl (C=O) groups is 1. The van der Waals surface area contributed by atoms with Gasteiger partial charge in [-0.05, 0) is 13.8 Å². The van der Waals surface area contributed by atoms with Gasteiger partial charge in [-0.15, -0.1) is 0 Å². The van der Waals surface area contributed by atoms with Gasteiger partial charge in [-0.25, -0.2) is 5.01 Å². The SMILES string of the molecule is CC1(C)CN(CCO)NC1=O. The maximum Gasteiger partial charge on any atom is 0.241 e. The van der Waals surface area contributed by atoms with Crippen molar-refractivity contribution in [2.75, 3.05) is 19.7 Å². The summed E-state index contributed by atoms with van der Waals surface area (Å²) in [6.45, 7) is 5.04. The number of aliphatic hydroxyl groups is 1. The first-order valence-electron chi connectivity index (χ1n) is 3.73. The molecule has 1 saturated heterocycles. The van der Waals surface area contributed by atoms with Crippen LogP contribution in [-0.2, 0) is 4.79 Å². The topological polar surface area (TPSA) is 52.6 Å². The summed E-state index contributed by atoms with van der Waals surface area (Å²) in [5, 5.41) is 10.3. The van der Waals surface area contributed by atoms with Gasteiger partial charge < -0.3 is 5.11 Å². The summed E-state index contributed by atoms with van der Waals surface area (Å²) in [4.78, 5) is 11.1. The third-order valence-electron chi connectivity index (χ3n) is 1.83. The molecule has 1 amide bonds. The molecule has 0 unspecified atom stereocenters. The Kier molecular flexibility index (Phi) is 2.15. The van der Waals surface area contributed by atoms with Gasteiger partial charge in [0.25, 0.3) is 0 Å². The lowest BCUT2D eigenvalue weighted by molar-refractivity contribution is -0.126. The summed E-state index contributed by atoms with van der Waals surface area (Å²) >= 11 is 0. The Morgan fingerprint density at radius 2 is 2.36 bits per heavy atom. The number of hydrogen-bond acceptors (Lipinski definition) is 3. The van der Waals surface area contributed by atoms with Gasteiger partial charge in [0.15, 0.2) is 0 Å². The zero-order valence-electron chi connectivity index (χ0n) is 6.92. The van der Waals surface area contributed by atoms with Crippen LogP contribution in [0, 0.1) is 5.41 Å². The zero-order chi connectivity index (χ0) is 8.48. The quantitative estimate of drug-likeness (QED) is 0.561. The van der Waals surface area contributed by atoms with Crippen molar-refractivity contribution < 1.29 is 9.90 Å². The fraction of sp³-hybridized carbons (Fsp3) is 0.857. The second kappa shape index (κ2) is 2.79. The van der Waals surface area contributed by atoms with Gasteiger partial charge in [0, 0.05) is 13.1 Å². The average molecular weight is 158 g/mol. The van der Waals surface area contributed by atoms with Crippen LogP contribution < -0.4 is 5.43 Å². The van der Waals surface area contributed by atoms with E-state index in [1.807, 2.05) is 13.8 Å². The summed E-state index contributed by atoms with van der Waals surface area (Å²) in [6, 6.07) is 0. The van der Waals surface area contributed by atoms with E-state index in [0.717, 1.165) is 0 Å². The van der Waals surface area contributed by atoms with Gasteiger partial charge >= 0.3 is 0 Å². The number of aliphatic hydroxyl groups excluding tert-OH is 1. The highest BCUT2D eigenvalue weighted by Crippen LogP contribution is 2.21. The van der Waals surface area contributed by atoms with Crippen molar-refractivity contribution in [3.63, 3.8) is 0 Å². The zero-order valence-corrected chi connectivity index (χ0v) is 6.92. The second-order valence-electron chi connectivity index (χ2n) is 3.47. The Bertz CT molecular complexity index is 168. The Hall–Kier alpha value is -0.610. The molecule has 0 aromatic carbocycles. The van der Waals surface area contributed by atoms with Crippen LogP contribution >= 0.6 is 0 Å². The minimum atomic E-state index is -0.310. The maximum absolute atomic E-state index is 11.1. The predicted molar refractivity (Wildman–Crippen MR) is 40.6 cm³/mol. The van der Waals surface area contributed by atoms with Crippen molar-refractivity contribution in [2.45, 2.75) is 13.8 Å². The second-order valence-corrected chi connectivity index (χ2v) is 3.47. The first-order chi connectivity index (χ1) is 5.06. The van der Waals surface area contributed by atoms with Crippen LogP contribution in [0.15, 0.2) is 0 Å². The van der Waals surface area contributed by atoms with Crippen molar-refractivity contribution in [1.29, 1.82) is 0 Å². The van der Waals surface area contributed by atoms with Gasteiger partial charge in [-0.1, -0.05) is 0 Å². The van der Waals surface area contributed by atoms with Gasteiger partial charge in [-0.3, -0.25) is 10.2 Å². The molecule has 0 aliphatic carbocycles. The number of nitrogens with one attached hydrogen (secondary N) is 1. The smallest absolute Gasteiger partial charge is 0.241 e. The van der Waals surface area contributed by atoms with Crippen molar-refractivity contribution in [2.24, 2.45) is 5.41 Å². The summed E-state index contributed by atoms with van der Waals surface area (Å²) in [6.07, 6.45) is 0. The molecule has 2 N–H and O–H groups in total. The highest BCUT2D eigenvalue weighted by atomic mass is 16.3. The Morgan fingerprint density at radius 1 is 1.73 bits per heavy atom. The number of nitrogens with zero attached hydrogens (tertiary/aromatic N) is 1. The molecule has 0 bridgehead atoms. The van der Waals surface area contributed by atoms with E-state index in [2.05, 4.69) is 5.43 Å². The molecule has 1 fully saturated rings. The minimum absolute atomic E-state index is 0.0333. The molecule has 0 saturated carbocycles. The van der Waals surface area contributed by atoms with E-state index >= 15 is 0 Å². The van der Waals surface area contributed by atoms with E-state index in [4.69, 9.17) is 5.11 Å². The van der Waals surface area contributed by atoms with E-state index in [1.54, 1.807) is 5.01 Å². The lowest BCUT2D eigenvalue weighted by Crippen LogP contribution is -2.35. The van der Waals surface area contributed by atoms with Crippen molar-refractivity contribution in [3.05, 3.63) is 0 Å². The molecular formula is C7H14N2O2. The molecule has 0 aromatic rings. The van der Waals surface area contributed by atoms with Crippen LogP contribution in [-0.4, -0.2) is 35.7 Å². The van der Waals surface area contributed by atoms with Crippen LogP contribution in [0.5, 0.6) is 0 Å². The van der Waals surface area contributed by atoms with E-state index in [1.165, 1.54) is 0 Å². The lowest BCUT2D eigenvalue weighted by atomic mass is 9.94. The Morgan fingerprint density at radius 3 is 2.73 bits per heavy atom. The minimum Gasteiger partial charge on any atom is -0.395 e. The third-order valence-corrected chi connectivity index (χ3v) is 1.83. The fourth-order valence-electron chi connectivity index (χ4n) is 1.14. The monoisotopic (exact) mass is 158 g/mol. The Balaban J connectivity index is 2.50. The Labute approximate surface area is 66.2 Å². The first-order valence-corrected chi connectivity index (χ1v) is 3.73. The molecule has 1 heterocycles. The molecule has 0 radical (unpaired) electrons. The highest BCUT2D eigenvalue weighted by molar-refractivity contribution is 5.83. The molecule has 0 aromatic heterocycles. The van der Waals surface area contributed by atoms with E-state index < -0.39 is 0 Å².